The molecule has 0 aromatic heterocycles. The standard InChI is InChI=1S/C21H32O3S/c1-14-6-7-19-20(2,3)8-5-9-21(19,4)18(14)13-25(24)17-11-15(22)10-16(23)12-17/h10-12,14,18-19,22-23H,5-9,13H2,1-4H3. The van der Waals surface area contributed by atoms with E-state index in [0.29, 0.717) is 33.8 Å². The third kappa shape index (κ3) is 3.47. The molecule has 140 valence electrons. The van der Waals surface area contributed by atoms with Crippen LogP contribution in [0.15, 0.2) is 23.1 Å². The predicted octanol–water partition coefficient (Wildman–Crippen LogP) is 5.08. The maximum absolute atomic E-state index is 13.0. The minimum Gasteiger partial charge on any atom is -0.508 e. The highest BCUT2D eigenvalue weighted by Gasteiger charge is 2.53. The van der Waals surface area contributed by atoms with Crippen LogP contribution in [0.25, 0.3) is 0 Å². The molecular formula is C21H32O3S. The van der Waals surface area contributed by atoms with Crippen LogP contribution >= 0.6 is 0 Å². The first-order valence-electron chi connectivity index (χ1n) is 9.55. The van der Waals surface area contributed by atoms with Gasteiger partial charge in [0, 0.05) is 16.7 Å². The molecule has 2 aliphatic rings. The van der Waals surface area contributed by atoms with Crippen LogP contribution in [0.1, 0.15) is 59.8 Å². The SMILES string of the molecule is CC1CCC2C(C)(C)CCCC2(C)C1CS(=O)c1cc(O)cc(O)c1. The molecular weight excluding hydrogens is 332 g/mol. The lowest BCUT2D eigenvalue weighted by Gasteiger charge is -2.59. The molecule has 25 heavy (non-hydrogen) atoms. The average molecular weight is 365 g/mol. The number of phenolic OH excluding ortho intramolecular Hbond substituents is 2. The van der Waals surface area contributed by atoms with Gasteiger partial charge in [0.25, 0.3) is 0 Å². The molecule has 3 nitrogen and oxygen atoms in total. The number of rotatable bonds is 3. The second kappa shape index (κ2) is 6.61. The molecule has 1 aromatic rings. The zero-order valence-electron chi connectivity index (χ0n) is 15.9. The van der Waals surface area contributed by atoms with E-state index in [0.717, 1.165) is 0 Å². The van der Waals surface area contributed by atoms with E-state index in [2.05, 4.69) is 27.7 Å². The molecule has 1 aromatic carbocycles. The van der Waals surface area contributed by atoms with Crippen molar-refractivity contribution in [3.63, 3.8) is 0 Å². The fourth-order valence-electron chi connectivity index (χ4n) is 5.92. The summed E-state index contributed by atoms with van der Waals surface area (Å²) in [6.07, 6.45) is 6.25. The zero-order valence-corrected chi connectivity index (χ0v) is 16.7. The third-order valence-electron chi connectivity index (χ3n) is 7.19. The summed E-state index contributed by atoms with van der Waals surface area (Å²) in [4.78, 5) is 0.533. The van der Waals surface area contributed by atoms with Crippen LogP contribution in [0.5, 0.6) is 11.5 Å². The minimum absolute atomic E-state index is 0.0251. The lowest BCUT2D eigenvalue weighted by atomic mass is 9.47. The molecule has 5 unspecified atom stereocenters. The van der Waals surface area contributed by atoms with Gasteiger partial charge in [-0.15, -0.1) is 0 Å². The Morgan fingerprint density at radius 2 is 1.72 bits per heavy atom. The van der Waals surface area contributed by atoms with Crippen LogP contribution in [0.2, 0.25) is 0 Å². The summed E-state index contributed by atoms with van der Waals surface area (Å²) < 4.78 is 13.0. The molecule has 0 bridgehead atoms. The van der Waals surface area contributed by atoms with Crippen LogP contribution in [-0.4, -0.2) is 20.2 Å². The van der Waals surface area contributed by atoms with Gasteiger partial charge in [-0.1, -0.05) is 40.5 Å². The summed E-state index contributed by atoms with van der Waals surface area (Å²) in [7, 11) is -1.21. The Morgan fingerprint density at radius 1 is 1.08 bits per heavy atom. The number of aromatic hydroxyl groups is 2. The van der Waals surface area contributed by atoms with E-state index in [1.165, 1.54) is 50.3 Å². The van der Waals surface area contributed by atoms with Gasteiger partial charge in [-0.25, -0.2) is 0 Å². The second-order valence-electron chi connectivity index (χ2n) is 9.26. The maximum atomic E-state index is 13.0. The molecule has 0 spiro atoms. The molecule has 0 aliphatic heterocycles. The van der Waals surface area contributed by atoms with Gasteiger partial charge in [0.1, 0.15) is 11.5 Å². The van der Waals surface area contributed by atoms with Crippen molar-refractivity contribution in [1.29, 1.82) is 0 Å². The normalized spacial score (nSPS) is 35.8. The Kier molecular flexibility index (Phi) is 4.95. The topological polar surface area (TPSA) is 57.5 Å². The first-order valence-corrected chi connectivity index (χ1v) is 10.9. The van der Waals surface area contributed by atoms with Crippen molar-refractivity contribution in [2.75, 3.05) is 5.75 Å². The summed E-state index contributed by atoms with van der Waals surface area (Å²) in [6.45, 7) is 9.56. The Labute approximate surface area is 154 Å². The van der Waals surface area contributed by atoms with E-state index in [9.17, 15) is 14.4 Å². The van der Waals surface area contributed by atoms with Gasteiger partial charge in [0.05, 0.1) is 10.8 Å². The van der Waals surface area contributed by atoms with Gasteiger partial charge in [0.2, 0.25) is 0 Å². The number of hydrogen-bond donors (Lipinski definition) is 2. The maximum Gasteiger partial charge on any atom is 0.120 e. The molecule has 2 saturated carbocycles. The molecule has 3 rings (SSSR count). The van der Waals surface area contributed by atoms with Gasteiger partial charge in [0.15, 0.2) is 0 Å². The van der Waals surface area contributed by atoms with Crippen LogP contribution in [0.4, 0.5) is 0 Å². The van der Waals surface area contributed by atoms with Crippen molar-refractivity contribution in [1.82, 2.24) is 0 Å². The second-order valence-corrected chi connectivity index (χ2v) is 10.8. The Balaban J connectivity index is 1.87. The van der Waals surface area contributed by atoms with E-state index in [1.807, 2.05) is 0 Å². The van der Waals surface area contributed by atoms with Gasteiger partial charge in [-0.2, -0.15) is 0 Å². The monoisotopic (exact) mass is 364 g/mol. The fourth-order valence-corrected chi connectivity index (χ4v) is 7.66. The van der Waals surface area contributed by atoms with E-state index >= 15 is 0 Å². The van der Waals surface area contributed by atoms with Crippen molar-refractivity contribution in [3.05, 3.63) is 18.2 Å². The van der Waals surface area contributed by atoms with Crippen molar-refractivity contribution in [3.8, 4) is 11.5 Å². The highest BCUT2D eigenvalue weighted by Crippen LogP contribution is 2.61. The van der Waals surface area contributed by atoms with Crippen molar-refractivity contribution < 1.29 is 14.4 Å². The van der Waals surface area contributed by atoms with Crippen LogP contribution in [0, 0.1) is 28.6 Å². The zero-order chi connectivity index (χ0) is 18.4. The smallest absolute Gasteiger partial charge is 0.120 e. The molecule has 5 atom stereocenters. The van der Waals surface area contributed by atoms with Crippen molar-refractivity contribution in [2.24, 2.45) is 28.6 Å². The number of fused-ring (bicyclic) bond motifs is 1. The van der Waals surface area contributed by atoms with Crippen LogP contribution in [-0.2, 0) is 10.8 Å². The predicted molar refractivity (Wildman–Crippen MR) is 102 cm³/mol. The molecule has 0 amide bonds. The summed E-state index contributed by atoms with van der Waals surface area (Å²) in [6, 6.07) is 4.33. The first-order chi connectivity index (χ1) is 11.6. The highest BCUT2D eigenvalue weighted by molar-refractivity contribution is 7.85. The molecule has 0 heterocycles. The van der Waals surface area contributed by atoms with Crippen molar-refractivity contribution >= 4 is 10.8 Å². The average Bonchev–Trinajstić information content (AvgIpc) is 2.49. The van der Waals surface area contributed by atoms with E-state index < -0.39 is 10.8 Å². The lowest BCUT2D eigenvalue weighted by molar-refractivity contribution is -0.0853. The quantitative estimate of drug-likeness (QED) is 0.786. The molecule has 4 heteroatoms. The number of benzene rings is 1. The number of phenols is 2. The van der Waals surface area contributed by atoms with Crippen molar-refractivity contribution in [2.45, 2.75) is 64.7 Å². The van der Waals surface area contributed by atoms with Gasteiger partial charge in [-0.3, -0.25) is 4.21 Å². The Morgan fingerprint density at radius 3 is 2.36 bits per heavy atom. The number of hydrogen-bond acceptors (Lipinski definition) is 3. The molecule has 2 aliphatic carbocycles. The summed E-state index contributed by atoms with van der Waals surface area (Å²) in [5.41, 5.74) is 0.587. The Bertz CT molecular complexity index is 649. The highest BCUT2D eigenvalue weighted by atomic mass is 32.2. The van der Waals surface area contributed by atoms with E-state index in [-0.39, 0.29) is 16.9 Å². The third-order valence-corrected chi connectivity index (χ3v) is 8.61. The van der Waals surface area contributed by atoms with E-state index in [1.54, 1.807) is 0 Å². The molecule has 0 radical (unpaired) electrons. The van der Waals surface area contributed by atoms with Crippen LogP contribution in [0.3, 0.4) is 0 Å². The molecule has 2 fully saturated rings. The van der Waals surface area contributed by atoms with Gasteiger partial charge >= 0.3 is 0 Å². The summed E-state index contributed by atoms with van der Waals surface area (Å²) in [5, 5.41) is 19.4. The van der Waals surface area contributed by atoms with Crippen LogP contribution < -0.4 is 0 Å². The summed E-state index contributed by atoms with van der Waals surface area (Å²) in [5.74, 6) is 2.23. The lowest BCUT2D eigenvalue weighted by Crippen LogP contribution is -2.52. The molecule has 2 N–H and O–H groups in total. The van der Waals surface area contributed by atoms with Gasteiger partial charge in [-0.05, 0) is 60.0 Å². The largest absolute Gasteiger partial charge is 0.508 e. The summed E-state index contributed by atoms with van der Waals surface area (Å²) >= 11 is 0. The minimum atomic E-state index is -1.21. The fraction of sp³-hybridized carbons (Fsp3) is 0.714. The Hall–Kier alpha value is -1.03. The van der Waals surface area contributed by atoms with E-state index in [4.69, 9.17) is 0 Å². The van der Waals surface area contributed by atoms with Gasteiger partial charge < -0.3 is 10.2 Å². The first kappa shape index (κ1) is 18.8. The molecule has 0 saturated heterocycles.